The van der Waals surface area contributed by atoms with E-state index in [1.165, 1.54) is 0 Å². The van der Waals surface area contributed by atoms with E-state index in [1.807, 2.05) is 12.1 Å². The highest BCUT2D eigenvalue weighted by atomic mass is 35.5. The summed E-state index contributed by atoms with van der Waals surface area (Å²) >= 11 is 0. The van der Waals surface area contributed by atoms with Crippen LogP contribution in [0, 0.1) is 0 Å². The van der Waals surface area contributed by atoms with Gasteiger partial charge < -0.3 is 5.32 Å². The SMILES string of the molecule is Cl.Cl.FC1(c2ccccn2)CCNCC1. The number of aromatic nitrogens is 1. The summed E-state index contributed by atoms with van der Waals surface area (Å²) in [4.78, 5) is 4.07. The van der Waals surface area contributed by atoms with Crippen LogP contribution in [-0.4, -0.2) is 18.1 Å². The molecule has 1 N–H and O–H groups in total. The van der Waals surface area contributed by atoms with Gasteiger partial charge in [-0.3, -0.25) is 4.98 Å². The molecule has 1 aliphatic rings. The highest BCUT2D eigenvalue weighted by Gasteiger charge is 2.34. The van der Waals surface area contributed by atoms with Gasteiger partial charge in [0, 0.05) is 6.20 Å². The molecule has 86 valence electrons. The smallest absolute Gasteiger partial charge is 0.155 e. The van der Waals surface area contributed by atoms with Crippen LogP contribution in [0.3, 0.4) is 0 Å². The minimum Gasteiger partial charge on any atom is -0.316 e. The van der Waals surface area contributed by atoms with Crippen LogP contribution in [0.15, 0.2) is 24.4 Å². The summed E-state index contributed by atoms with van der Waals surface area (Å²) in [5.74, 6) is 0. The van der Waals surface area contributed by atoms with Gasteiger partial charge in [-0.05, 0) is 38.1 Å². The Hall–Kier alpha value is -0.380. The van der Waals surface area contributed by atoms with Crippen molar-refractivity contribution in [3.63, 3.8) is 0 Å². The first-order valence-electron chi connectivity index (χ1n) is 4.62. The maximum absolute atomic E-state index is 14.2. The minimum absolute atomic E-state index is 0. The third-order valence-corrected chi connectivity index (χ3v) is 2.52. The molecule has 2 heterocycles. The minimum atomic E-state index is -1.20. The van der Waals surface area contributed by atoms with Crippen molar-refractivity contribution in [1.82, 2.24) is 10.3 Å². The van der Waals surface area contributed by atoms with Gasteiger partial charge in [-0.2, -0.15) is 0 Å². The highest BCUT2D eigenvalue weighted by Crippen LogP contribution is 2.33. The molecular formula is C10H15Cl2FN2. The lowest BCUT2D eigenvalue weighted by Crippen LogP contribution is -2.37. The molecule has 2 rings (SSSR count). The molecule has 1 aliphatic heterocycles. The number of alkyl halides is 1. The Bertz CT molecular complexity index is 276. The van der Waals surface area contributed by atoms with Gasteiger partial charge >= 0.3 is 0 Å². The summed E-state index contributed by atoms with van der Waals surface area (Å²) in [6.07, 6.45) is 2.72. The molecule has 0 amide bonds. The van der Waals surface area contributed by atoms with E-state index in [-0.39, 0.29) is 24.8 Å². The third kappa shape index (κ3) is 3.30. The molecule has 0 saturated carbocycles. The number of nitrogens with zero attached hydrogens (tertiary/aromatic N) is 1. The summed E-state index contributed by atoms with van der Waals surface area (Å²) in [5, 5.41) is 3.14. The number of hydrogen-bond acceptors (Lipinski definition) is 2. The van der Waals surface area contributed by atoms with Gasteiger partial charge in [0.1, 0.15) is 0 Å². The van der Waals surface area contributed by atoms with Crippen molar-refractivity contribution in [2.75, 3.05) is 13.1 Å². The van der Waals surface area contributed by atoms with Gasteiger partial charge in [0.05, 0.1) is 5.69 Å². The van der Waals surface area contributed by atoms with Crippen molar-refractivity contribution in [2.24, 2.45) is 0 Å². The van der Waals surface area contributed by atoms with Gasteiger partial charge in [-0.15, -0.1) is 24.8 Å². The average Bonchev–Trinajstić information content (AvgIpc) is 2.20. The van der Waals surface area contributed by atoms with Crippen LogP contribution in [0.1, 0.15) is 18.5 Å². The molecule has 5 heteroatoms. The number of hydrogen-bond donors (Lipinski definition) is 1. The van der Waals surface area contributed by atoms with Crippen molar-refractivity contribution in [3.05, 3.63) is 30.1 Å². The zero-order valence-electron chi connectivity index (χ0n) is 8.28. The predicted molar refractivity (Wildman–Crippen MR) is 63.6 cm³/mol. The molecule has 1 saturated heterocycles. The molecular weight excluding hydrogens is 238 g/mol. The Balaban J connectivity index is 0.000000980. The van der Waals surface area contributed by atoms with Crippen molar-refractivity contribution in [3.8, 4) is 0 Å². The molecule has 0 unspecified atom stereocenters. The van der Waals surface area contributed by atoms with Crippen LogP contribution in [-0.2, 0) is 5.67 Å². The molecule has 1 aromatic rings. The Morgan fingerprint density at radius 2 is 1.87 bits per heavy atom. The third-order valence-electron chi connectivity index (χ3n) is 2.52. The number of nitrogens with one attached hydrogen (secondary N) is 1. The van der Waals surface area contributed by atoms with Crippen LogP contribution in [0.25, 0.3) is 0 Å². The number of rotatable bonds is 1. The fraction of sp³-hybridized carbons (Fsp3) is 0.500. The monoisotopic (exact) mass is 252 g/mol. The first-order valence-corrected chi connectivity index (χ1v) is 4.62. The highest BCUT2D eigenvalue weighted by molar-refractivity contribution is 5.85. The van der Waals surface area contributed by atoms with Gasteiger partial charge in [-0.25, -0.2) is 4.39 Å². The van der Waals surface area contributed by atoms with Gasteiger partial charge in [0.2, 0.25) is 0 Å². The average molecular weight is 253 g/mol. The lowest BCUT2D eigenvalue weighted by atomic mass is 9.90. The number of halogens is 3. The molecule has 1 aromatic heterocycles. The van der Waals surface area contributed by atoms with Crippen LogP contribution in [0.4, 0.5) is 4.39 Å². The van der Waals surface area contributed by atoms with Gasteiger partial charge in [0.25, 0.3) is 0 Å². The van der Waals surface area contributed by atoms with E-state index in [0.29, 0.717) is 18.5 Å². The second kappa shape index (κ2) is 6.26. The maximum Gasteiger partial charge on any atom is 0.155 e. The van der Waals surface area contributed by atoms with Crippen molar-refractivity contribution in [1.29, 1.82) is 0 Å². The number of piperidine rings is 1. The quantitative estimate of drug-likeness (QED) is 0.831. The topological polar surface area (TPSA) is 24.9 Å². The van der Waals surface area contributed by atoms with E-state index in [4.69, 9.17) is 0 Å². The van der Waals surface area contributed by atoms with Crippen molar-refractivity contribution >= 4 is 24.8 Å². The fourth-order valence-electron chi connectivity index (χ4n) is 1.71. The second-order valence-corrected chi connectivity index (χ2v) is 3.43. The normalized spacial score (nSPS) is 18.5. The molecule has 0 bridgehead atoms. The lowest BCUT2D eigenvalue weighted by molar-refractivity contribution is 0.110. The van der Waals surface area contributed by atoms with Gasteiger partial charge in [-0.1, -0.05) is 6.07 Å². The molecule has 2 nitrogen and oxygen atoms in total. The van der Waals surface area contributed by atoms with Crippen LogP contribution >= 0.6 is 24.8 Å². The summed E-state index contributed by atoms with van der Waals surface area (Å²) in [7, 11) is 0. The van der Waals surface area contributed by atoms with E-state index in [0.717, 1.165) is 13.1 Å². The summed E-state index contributed by atoms with van der Waals surface area (Å²) in [6.45, 7) is 1.49. The fourth-order valence-corrected chi connectivity index (χ4v) is 1.71. The molecule has 1 fully saturated rings. The Morgan fingerprint density at radius 3 is 2.40 bits per heavy atom. The van der Waals surface area contributed by atoms with E-state index in [2.05, 4.69) is 10.3 Å². The summed E-state index contributed by atoms with van der Waals surface area (Å²) in [6, 6.07) is 5.42. The summed E-state index contributed by atoms with van der Waals surface area (Å²) in [5.41, 5.74) is -0.622. The Kier molecular flexibility index (Phi) is 6.10. The van der Waals surface area contributed by atoms with E-state index >= 15 is 0 Å². The molecule has 0 aromatic carbocycles. The summed E-state index contributed by atoms with van der Waals surface area (Å²) < 4.78 is 14.2. The van der Waals surface area contributed by atoms with Crippen LogP contribution in [0.5, 0.6) is 0 Å². The van der Waals surface area contributed by atoms with Gasteiger partial charge in [0.15, 0.2) is 5.67 Å². The zero-order valence-corrected chi connectivity index (χ0v) is 9.91. The van der Waals surface area contributed by atoms with Crippen LogP contribution in [0.2, 0.25) is 0 Å². The Labute approximate surface area is 101 Å². The van der Waals surface area contributed by atoms with E-state index in [9.17, 15) is 4.39 Å². The molecule has 15 heavy (non-hydrogen) atoms. The standard InChI is InChI=1S/C10H13FN2.2ClH/c11-10(4-7-12-8-5-10)9-3-1-2-6-13-9;;/h1-3,6,12H,4-5,7-8H2;2*1H. The lowest BCUT2D eigenvalue weighted by Gasteiger charge is -2.29. The molecule has 0 radical (unpaired) electrons. The predicted octanol–water partition coefficient (Wildman–Crippen LogP) is 2.47. The van der Waals surface area contributed by atoms with Crippen molar-refractivity contribution in [2.45, 2.75) is 18.5 Å². The first-order chi connectivity index (χ1) is 6.31. The maximum atomic E-state index is 14.2. The molecule has 0 aliphatic carbocycles. The molecule has 0 spiro atoms. The molecule has 0 atom stereocenters. The first kappa shape index (κ1) is 14.6. The largest absolute Gasteiger partial charge is 0.316 e. The van der Waals surface area contributed by atoms with Crippen LogP contribution < -0.4 is 5.32 Å². The number of pyridine rings is 1. The van der Waals surface area contributed by atoms with E-state index < -0.39 is 5.67 Å². The van der Waals surface area contributed by atoms with Crippen molar-refractivity contribution < 1.29 is 4.39 Å². The zero-order chi connectivity index (χ0) is 9.15. The van der Waals surface area contributed by atoms with E-state index in [1.54, 1.807) is 12.3 Å². The Morgan fingerprint density at radius 1 is 1.20 bits per heavy atom. The second-order valence-electron chi connectivity index (χ2n) is 3.43.